The summed E-state index contributed by atoms with van der Waals surface area (Å²) in [6.45, 7) is 2.53. The van der Waals surface area contributed by atoms with Crippen LogP contribution in [0.25, 0.3) is 6.08 Å². The Morgan fingerprint density at radius 1 is 1.36 bits per heavy atom. The average Bonchev–Trinajstić information content (AvgIpc) is 2.85. The van der Waals surface area contributed by atoms with E-state index < -0.39 is 17.8 Å². The number of amides is 2. The first-order valence-corrected chi connectivity index (χ1v) is 7.82. The molecule has 0 fully saturated rings. The van der Waals surface area contributed by atoms with E-state index in [-0.39, 0.29) is 5.13 Å². The number of nitriles is 1. The summed E-state index contributed by atoms with van der Waals surface area (Å²) in [4.78, 5) is 16.3. The summed E-state index contributed by atoms with van der Waals surface area (Å²) in [5.74, 6) is 0. The molecule has 2 N–H and O–H groups in total. The molecule has 0 aliphatic rings. The van der Waals surface area contributed by atoms with E-state index in [1.54, 1.807) is 25.1 Å². The summed E-state index contributed by atoms with van der Waals surface area (Å²) in [6, 6.07) is 7.65. The Hall–Kier alpha value is -2.86. The molecule has 0 atom stereocenters. The second kappa shape index (κ2) is 7.36. The Labute approximate surface area is 145 Å². The van der Waals surface area contributed by atoms with Crippen molar-refractivity contribution in [3.63, 3.8) is 0 Å². The van der Waals surface area contributed by atoms with Gasteiger partial charge in [0.2, 0.25) is 0 Å². The molecule has 25 heavy (non-hydrogen) atoms. The summed E-state index contributed by atoms with van der Waals surface area (Å²) in [5.41, 5.74) is 0.440. The molecule has 0 radical (unpaired) electrons. The van der Waals surface area contributed by atoms with E-state index in [1.807, 2.05) is 6.07 Å². The first-order valence-electron chi connectivity index (χ1n) is 7.00. The number of carbonyl (C=O) groups is 1. The van der Waals surface area contributed by atoms with Crippen LogP contribution in [0.5, 0.6) is 0 Å². The van der Waals surface area contributed by atoms with Crippen LogP contribution in [0.3, 0.4) is 0 Å². The van der Waals surface area contributed by atoms with E-state index in [9.17, 15) is 18.0 Å². The van der Waals surface area contributed by atoms with Crippen molar-refractivity contribution >= 4 is 34.3 Å². The quantitative estimate of drug-likeness (QED) is 0.808. The topological polar surface area (TPSA) is 77.8 Å². The maximum Gasteiger partial charge on any atom is 0.412 e. The highest BCUT2D eigenvalue weighted by atomic mass is 32.1. The summed E-state index contributed by atoms with van der Waals surface area (Å²) >= 11 is 0.939. The molecule has 9 heteroatoms. The number of nitrogens with zero attached hydrogens (tertiary/aromatic N) is 2. The highest BCUT2D eigenvalue weighted by Gasteiger charge is 2.30. The fraction of sp³-hybridized carbons (Fsp3) is 0.188. The van der Waals surface area contributed by atoms with Gasteiger partial charge in [-0.25, -0.2) is 9.78 Å². The zero-order chi connectivity index (χ0) is 18.6. The van der Waals surface area contributed by atoms with Gasteiger partial charge in [0, 0.05) is 11.3 Å². The lowest BCUT2D eigenvalue weighted by atomic mass is 10.2. The van der Waals surface area contributed by atoms with Crippen LogP contribution in [-0.2, 0) is 0 Å². The monoisotopic (exact) mass is 366 g/mol. The highest BCUT2D eigenvalue weighted by molar-refractivity contribution is 7.16. The van der Waals surface area contributed by atoms with Gasteiger partial charge in [0.1, 0.15) is 0 Å². The molecule has 1 aromatic heterocycles. The van der Waals surface area contributed by atoms with Crippen LogP contribution in [0.2, 0.25) is 0 Å². The molecule has 0 bridgehead atoms. The van der Waals surface area contributed by atoms with Crippen molar-refractivity contribution in [2.45, 2.75) is 20.0 Å². The summed E-state index contributed by atoms with van der Waals surface area (Å²) < 4.78 is 37.8. The third-order valence-electron chi connectivity index (χ3n) is 3.10. The second-order valence-electron chi connectivity index (χ2n) is 5.07. The summed E-state index contributed by atoms with van der Waals surface area (Å²) in [7, 11) is 0. The normalized spacial score (nSPS) is 11.8. The van der Waals surface area contributed by atoms with E-state index in [4.69, 9.17) is 5.26 Å². The number of benzene rings is 1. The van der Waals surface area contributed by atoms with Crippen molar-refractivity contribution in [3.8, 4) is 6.07 Å². The minimum Gasteiger partial charge on any atom is -0.308 e. The van der Waals surface area contributed by atoms with Crippen LogP contribution < -0.4 is 10.6 Å². The van der Waals surface area contributed by atoms with Gasteiger partial charge in [-0.15, -0.1) is 0 Å². The highest BCUT2D eigenvalue weighted by Crippen LogP contribution is 2.31. The number of anilines is 2. The Kier molecular flexibility index (Phi) is 5.44. The molecular formula is C16H13F3N4OS. The third kappa shape index (κ3) is 5.06. The minimum atomic E-state index is -4.41. The Morgan fingerprint density at radius 2 is 2.08 bits per heavy atom. The van der Waals surface area contributed by atoms with Crippen molar-refractivity contribution in [1.29, 1.82) is 5.26 Å². The number of urea groups is 1. The van der Waals surface area contributed by atoms with Crippen LogP contribution in [0.15, 0.2) is 29.8 Å². The van der Waals surface area contributed by atoms with Gasteiger partial charge < -0.3 is 5.32 Å². The number of aromatic nitrogens is 1. The lowest BCUT2D eigenvalue weighted by Gasteiger charge is -2.05. The second-order valence-corrected chi connectivity index (χ2v) is 6.10. The number of carbonyl (C=O) groups excluding carboxylic acids is 1. The smallest absolute Gasteiger partial charge is 0.308 e. The molecule has 1 heterocycles. The fourth-order valence-corrected chi connectivity index (χ4v) is 2.76. The van der Waals surface area contributed by atoms with Gasteiger partial charge in [0.25, 0.3) is 0 Å². The number of thiazole rings is 1. The first kappa shape index (κ1) is 18.5. The van der Waals surface area contributed by atoms with Gasteiger partial charge in [-0.2, -0.15) is 18.4 Å². The van der Waals surface area contributed by atoms with Crippen LogP contribution in [0.4, 0.5) is 28.8 Å². The average molecular weight is 366 g/mol. The van der Waals surface area contributed by atoms with Crippen molar-refractivity contribution in [2.75, 3.05) is 10.6 Å². The molecular weight excluding hydrogens is 353 g/mol. The zero-order valence-corrected chi connectivity index (χ0v) is 14.0. The van der Waals surface area contributed by atoms with E-state index >= 15 is 0 Å². The number of hydrogen-bond acceptors (Lipinski definition) is 4. The molecule has 2 amide bonds. The van der Waals surface area contributed by atoms with Crippen LogP contribution >= 0.6 is 11.3 Å². The standard InChI is InChI=1S/C16H13F3N4OS/c1-9(16(17,18)19)6-13-10(2)21-15(25-13)23-14(24)22-12-5-3-4-11(7-12)8-20/h3-7H,1-2H3,(H2,21,22,23,24)/b9-6+. The SMILES string of the molecule is C/C(=C\c1sc(NC(=O)Nc2cccc(C#N)c2)nc1C)C(F)(F)F. The molecule has 1 aromatic carbocycles. The fourth-order valence-electron chi connectivity index (χ4n) is 1.80. The number of allylic oxidation sites excluding steroid dienone is 1. The van der Waals surface area contributed by atoms with Crippen molar-refractivity contribution in [2.24, 2.45) is 0 Å². The lowest BCUT2D eigenvalue weighted by Crippen LogP contribution is -2.19. The Balaban J connectivity index is 2.09. The van der Waals surface area contributed by atoms with Crippen LogP contribution in [-0.4, -0.2) is 17.2 Å². The number of aryl methyl sites for hydroxylation is 1. The van der Waals surface area contributed by atoms with E-state index in [0.29, 0.717) is 21.8 Å². The van der Waals surface area contributed by atoms with Gasteiger partial charge in [-0.05, 0) is 38.1 Å². The Bertz CT molecular complexity index is 865. The van der Waals surface area contributed by atoms with E-state index in [1.165, 1.54) is 6.07 Å². The molecule has 0 aliphatic carbocycles. The summed E-state index contributed by atoms with van der Waals surface area (Å²) in [6.07, 6.45) is -3.42. The van der Waals surface area contributed by atoms with Gasteiger partial charge >= 0.3 is 12.2 Å². The zero-order valence-electron chi connectivity index (χ0n) is 13.2. The first-order chi connectivity index (χ1) is 11.7. The molecule has 0 saturated carbocycles. The number of rotatable bonds is 3. The number of halogens is 3. The maximum atomic E-state index is 12.6. The molecule has 2 aromatic rings. The van der Waals surface area contributed by atoms with Gasteiger partial charge in [0.15, 0.2) is 5.13 Å². The minimum absolute atomic E-state index is 0.174. The molecule has 130 valence electrons. The molecule has 2 rings (SSSR count). The third-order valence-corrected chi connectivity index (χ3v) is 4.12. The largest absolute Gasteiger partial charge is 0.412 e. The Morgan fingerprint density at radius 3 is 2.72 bits per heavy atom. The van der Waals surface area contributed by atoms with Crippen molar-refractivity contribution in [3.05, 3.63) is 46.0 Å². The predicted molar refractivity (Wildman–Crippen MR) is 90.4 cm³/mol. The van der Waals surface area contributed by atoms with Gasteiger partial charge in [-0.1, -0.05) is 17.4 Å². The van der Waals surface area contributed by atoms with Gasteiger partial charge in [-0.3, -0.25) is 5.32 Å². The molecule has 0 unspecified atom stereocenters. The predicted octanol–water partition coefficient (Wildman–Crippen LogP) is 4.93. The van der Waals surface area contributed by atoms with E-state index in [2.05, 4.69) is 15.6 Å². The maximum absolute atomic E-state index is 12.6. The van der Waals surface area contributed by atoms with Crippen LogP contribution in [0, 0.1) is 18.3 Å². The van der Waals surface area contributed by atoms with Gasteiger partial charge in [0.05, 0.1) is 22.2 Å². The van der Waals surface area contributed by atoms with Crippen LogP contribution in [0.1, 0.15) is 23.1 Å². The van der Waals surface area contributed by atoms with Crippen molar-refractivity contribution < 1.29 is 18.0 Å². The summed E-state index contributed by atoms with van der Waals surface area (Å²) in [5, 5.41) is 14.0. The van der Waals surface area contributed by atoms with Crippen molar-refractivity contribution in [1.82, 2.24) is 4.98 Å². The van der Waals surface area contributed by atoms with E-state index in [0.717, 1.165) is 24.3 Å². The number of hydrogen-bond donors (Lipinski definition) is 2. The molecule has 0 aliphatic heterocycles. The molecule has 0 saturated heterocycles. The number of alkyl halides is 3. The lowest BCUT2D eigenvalue weighted by molar-refractivity contribution is -0.0903. The number of nitrogens with one attached hydrogen (secondary N) is 2. The molecule has 5 nitrogen and oxygen atoms in total. The molecule has 0 spiro atoms.